The molecule has 16 heavy (non-hydrogen) atoms. The number of rotatable bonds is 3. The molecule has 0 aromatic carbocycles. The molecule has 2 aliphatic rings. The second-order valence-electron chi connectivity index (χ2n) is 4.92. The van der Waals surface area contributed by atoms with Crippen LogP contribution in [0.25, 0.3) is 0 Å². The van der Waals surface area contributed by atoms with Crippen molar-refractivity contribution in [2.45, 2.75) is 56.7 Å². The van der Waals surface area contributed by atoms with Gasteiger partial charge in [-0.3, -0.25) is 15.0 Å². The number of nitrogens with zero attached hydrogens (tertiary/aromatic N) is 2. The summed E-state index contributed by atoms with van der Waals surface area (Å²) in [5, 5.41) is 20.3. The quantitative estimate of drug-likeness (QED) is 0.578. The highest BCUT2D eigenvalue weighted by atomic mass is 16.6. The fourth-order valence-electron chi connectivity index (χ4n) is 3.22. The summed E-state index contributed by atoms with van der Waals surface area (Å²) in [6.07, 6.45) is 5.72. The predicted octanol–water partition coefficient (Wildman–Crippen LogP) is 1.03. The maximum absolute atomic E-state index is 11.0. The minimum Gasteiger partial charge on any atom is -0.395 e. The average molecular weight is 228 g/mol. The van der Waals surface area contributed by atoms with Gasteiger partial charge in [0, 0.05) is 17.4 Å². The van der Waals surface area contributed by atoms with Crippen molar-refractivity contribution in [3.8, 4) is 0 Å². The van der Waals surface area contributed by atoms with E-state index in [1.165, 1.54) is 0 Å². The highest BCUT2D eigenvalue weighted by Crippen LogP contribution is 2.30. The Morgan fingerprint density at radius 3 is 2.69 bits per heavy atom. The van der Waals surface area contributed by atoms with Crippen LogP contribution < -0.4 is 0 Å². The maximum Gasteiger partial charge on any atom is 0.228 e. The summed E-state index contributed by atoms with van der Waals surface area (Å²) in [6.45, 7) is 1.06. The molecule has 5 heteroatoms. The Kier molecular flexibility index (Phi) is 3.76. The number of hydrogen-bond acceptors (Lipinski definition) is 4. The van der Waals surface area contributed by atoms with E-state index in [1.807, 2.05) is 0 Å². The fourth-order valence-corrected chi connectivity index (χ4v) is 3.22. The van der Waals surface area contributed by atoms with Gasteiger partial charge in [0.1, 0.15) is 0 Å². The predicted molar refractivity (Wildman–Crippen MR) is 59.9 cm³/mol. The third kappa shape index (κ3) is 2.20. The molecular weight excluding hydrogens is 208 g/mol. The Morgan fingerprint density at radius 1 is 1.25 bits per heavy atom. The van der Waals surface area contributed by atoms with Crippen molar-refractivity contribution < 1.29 is 10.0 Å². The number of aliphatic hydroxyl groups is 1. The summed E-state index contributed by atoms with van der Waals surface area (Å²) >= 11 is 0. The van der Waals surface area contributed by atoms with E-state index in [4.69, 9.17) is 0 Å². The van der Waals surface area contributed by atoms with E-state index >= 15 is 0 Å². The summed E-state index contributed by atoms with van der Waals surface area (Å²) in [4.78, 5) is 13.1. The standard InChI is InChI=1S/C11H20N2O3/c14-8-9-4-3-7-12(9)10-5-1-2-6-11(10)13(15)16/h9-11,14H,1-8H2/t9-,10+,11+/m0/s1. The molecule has 0 radical (unpaired) electrons. The van der Waals surface area contributed by atoms with Crippen LogP contribution in [-0.2, 0) is 0 Å². The van der Waals surface area contributed by atoms with Crippen LogP contribution >= 0.6 is 0 Å². The average Bonchev–Trinajstić information content (AvgIpc) is 2.76. The molecule has 3 atom stereocenters. The molecule has 2 rings (SSSR count). The molecule has 2 fully saturated rings. The molecule has 0 amide bonds. The minimum atomic E-state index is -0.416. The van der Waals surface area contributed by atoms with Crippen LogP contribution in [0.2, 0.25) is 0 Å². The Bertz CT molecular complexity index is 260. The van der Waals surface area contributed by atoms with Gasteiger partial charge in [0.05, 0.1) is 12.6 Å². The smallest absolute Gasteiger partial charge is 0.228 e. The summed E-state index contributed by atoms with van der Waals surface area (Å²) in [5.41, 5.74) is 0. The molecule has 1 saturated heterocycles. The molecule has 1 saturated carbocycles. The molecule has 92 valence electrons. The van der Waals surface area contributed by atoms with Gasteiger partial charge in [-0.15, -0.1) is 0 Å². The molecule has 5 nitrogen and oxygen atoms in total. The zero-order valence-electron chi connectivity index (χ0n) is 9.55. The Balaban J connectivity index is 2.07. The van der Waals surface area contributed by atoms with Gasteiger partial charge in [0.15, 0.2) is 0 Å². The molecule has 0 spiro atoms. The summed E-state index contributed by atoms with van der Waals surface area (Å²) in [7, 11) is 0. The third-order valence-electron chi connectivity index (χ3n) is 4.02. The zero-order chi connectivity index (χ0) is 11.5. The Hall–Kier alpha value is -0.680. The normalized spacial score (nSPS) is 36.4. The molecule has 0 bridgehead atoms. The molecule has 1 heterocycles. The highest BCUT2D eigenvalue weighted by Gasteiger charge is 2.41. The number of aliphatic hydroxyl groups excluding tert-OH is 1. The van der Waals surface area contributed by atoms with Gasteiger partial charge in [-0.25, -0.2) is 0 Å². The number of likely N-dealkylation sites (tertiary alicyclic amines) is 1. The highest BCUT2D eigenvalue weighted by molar-refractivity contribution is 4.90. The molecule has 0 unspecified atom stereocenters. The minimum absolute atomic E-state index is 0.0587. The van der Waals surface area contributed by atoms with Gasteiger partial charge in [-0.2, -0.15) is 0 Å². The molecule has 0 aromatic rings. The second-order valence-corrected chi connectivity index (χ2v) is 4.92. The first-order chi connectivity index (χ1) is 7.74. The first-order valence-corrected chi connectivity index (χ1v) is 6.24. The van der Waals surface area contributed by atoms with Crippen molar-refractivity contribution in [3.63, 3.8) is 0 Å². The van der Waals surface area contributed by atoms with Gasteiger partial charge in [-0.05, 0) is 32.2 Å². The summed E-state index contributed by atoms with van der Waals surface area (Å²) < 4.78 is 0. The van der Waals surface area contributed by atoms with Gasteiger partial charge < -0.3 is 5.11 Å². The van der Waals surface area contributed by atoms with Gasteiger partial charge >= 0.3 is 0 Å². The van der Waals surface area contributed by atoms with Crippen molar-refractivity contribution in [2.75, 3.05) is 13.2 Å². The van der Waals surface area contributed by atoms with Crippen molar-refractivity contribution in [1.29, 1.82) is 0 Å². The van der Waals surface area contributed by atoms with E-state index in [2.05, 4.69) is 4.90 Å². The molecular formula is C11H20N2O3. The SMILES string of the molecule is O=[N+]([O-])[C@@H]1CCCC[C@H]1N1CCC[C@H]1CO. The maximum atomic E-state index is 11.0. The van der Waals surface area contributed by atoms with E-state index in [0.717, 1.165) is 38.6 Å². The lowest BCUT2D eigenvalue weighted by Gasteiger charge is -2.36. The van der Waals surface area contributed by atoms with Crippen LogP contribution in [0.1, 0.15) is 38.5 Å². The summed E-state index contributed by atoms with van der Waals surface area (Å²) in [6, 6.07) is -0.199. The lowest BCUT2D eigenvalue weighted by atomic mass is 9.89. The van der Waals surface area contributed by atoms with Crippen LogP contribution in [0, 0.1) is 10.1 Å². The van der Waals surface area contributed by atoms with E-state index < -0.39 is 6.04 Å². The van der Waals surface area contributed by atoms with Gasteiger partial charge in [-0.1, -0.05) is 6.42 Å². The monoisotopic (exact) mass is 228 g/mol. The van der Waals surface area contributed by atoms with Crippen LogP contribution in [0.4, 0.5) is 0 Å². The first-order valence-electron chi connectivity index (χ1n) is 6.24. The van der Waals surface area contributed by atoms with Crippen LogP contribution in [0.3, 0.4) is 0 Å². The lowest BCUT2D eigenvalue weighted by Crippen LogP contribution is -2.51. The van der Waals surface area contributed by atoms with E-state index in [0.29, 0.717) is 6.42 Å². The largest absolute Gasteiger partial charge is 0.395 e. The van der Waals surface area contributed by atoms with Crippen LogP contribution in [0.15, 0.2) is 0 Å². The van der Waals surface area contributed by atoms with Crippen molar-refractivity contribution in [1.82, 2.24) is 4.90 Å². The van der Waals surface area contributed by atoms with Gasteiger partial charge in [0.25, 0.3) is 0 Å². The lowest BCUT2D eigenvalue weighted by molar-refractivity contribution is -0.534. The van der Waals surface area contributed by atoms with Crippen LogP contribution in [-0.4, -0.2) is 46.2 Å². The van der Waals surface area contributed by atoms with Gasteiger partial charge in [0.2, 0.25) is 6.04 Å². The van der Waals surface area contributed by atoms with E-state index in [-0.39, 0.29) is 23.6 Å². The number of hydrogen-bond donors (Lipinski definition) is 1. The molecule has 1 N–H and O–H groups in total. The van der Waals surface area contributed by atoms with Crippen molar-refractivity contribution >= 4 is 0 Å². The third-order valence-corrected chi connectivity index (χ3v) is 4.02. The van der Waals surface area contributed by atoms with Crippen molar-refractivity contribution in [3.05, 3.63) is 10.1 Å². The van der Waals surface area contributed by atoms with E-state index in [1.54, 1.807) is 0 Å². The summed E-state index contributed by atoms with van der Waals surface area (Å²) in [5.74, 6) is 0. The fraction of sp³-hybridized carbons (Fsp3) is 1.00. The molecule has 1 aliphatic heterocycles. The molecule has 0 aromatic heterocycles. The Labute approximate surface area is 95.6 Å². The zero-order valence-corrected chi connectivity index (χ0v) is 9.55. The second kappa shape index (κ2) is 5.10. The molecule has 1 aliphatic carbocycles. The first kappa shape index (κ1) is 11.8. The number of nitro groups is 1. The Morgan fingerprint density at radius 2 is 2.00 bits per heavy atom. The van der Waals surface area contributed by atoms with Crippen molar-refractivity contribution in [2.24, 2.45) is 0 Å². The van der Waals surface area contributed by atoms with Crippen LogP contribution in [0.5, 0.6) is 0 Å². The topological polar surface area (TPSA) is 66.6 Å². The van der Waals surface area contributed by atoms with E-state index in [9.17, 15) is 15.2 Å².